The number of allylic oxidation sites excluding steroid dienone is 2. The number of fused-ring (bicyclic) bond motifs is 1. The lowest BCUT2D eigenvalue weighted by Crippen LogP contribution is -2.14. The Morgan fingerprint density at radius 2 is 1.83 bits per heavy atom. The number of imidazole rings is 1. The van der Waals surface area contributed by atoms with E-state index >= 15 is 0 Å². The van der Waals surface area contributed by atoms with Gasteiger partial charge >= 0.3 is 6.61 Å². The fraction of sp³-hybridized carbons (Fsp3) is 0.406. The fourth-order valence-electron chi connectivity index (χ4n) is 3.68. The van der Waals surface area contributed by atoms with E-state index in [-0.39, 0.29) is 17.1 Å². The Morgan fingerprint density at radius 1 is 1.20 bits per heavy atom. The molecule has 0 amide bonds. The quantitative estimate of drug-likeness (QED) is 0.246. The first-order valence-electron chi connectivity index (χ1n) is 13.5. The molecule has 0 unspecified atom stereocenters. The first kappa shape index (κ1) is 35.0. The molecule has 0 bridgehead atoms. The predicted octanol–water partition coefficient (Wildman–Crippen LogP) is 9.54. The highest BCUT2D eigenvalue weighted by atomic mass is 19.3. The lowest BCUT2D eigenvalue weighted by molar-refractivity contribution is -0.0501. The van der Waals surface area contributed by atoms with Crippen LogP contribution in [0.15, 0.2) is 55.4 Å². The van der Waals surface area contributed by atoms with Crippen LogP contribution in [0.2, 0.25) is 0 Å². The van der Waals surface area contributed by atoms with E-state index in [9.17, 15) is 18.4 Å². The van der Waals surface area contributed by atoms with Gasteiger partial charge in [-0.2, -0.15) is 14.0 Å². The minimum absolute atomic E-state index is 0.00262. The molecule has 2 aromatic heterocycles. The third-order valence-corrected chi connectivity index (χ3v) is 6.04. The van der Waals surface area contributed by atoms with Crippen LogP contribution < -0.4 is 9.47 Å². The first-order chi connectivity index (χ1) is 19.4. The number of pyridine rings is 1. The summed E-state index contributed by atoms with van der Waals surface area (Å²) in [5, 5.41) is 16.4. The maximum atomic E-state index is 13.9. The Kier molecular flexibility index (Phi) is 14.4. The second kappa shape index (κ2) is 16.9. The minimum Gasteiger partial charge on any atom is -0.496 e. The van der Waals surface area contributed by atoms with E-state index in [1.165, 1.54) is 38.5 Å². The molecule has 0 aliphatic heterocycles. The van der Waals surface area contributed by atoms with Crippen LogP contribution in [-0.2, 0) is 5.41 Å². The van der Waals surface area contributed by atoms with Gasteiger partial charge in [0.25, 0.3) is 0 Å². The molecule has 9 heteroatoms. The number of methoxy groups -OCH3 is 1. The third-order valence-electron chi connectivity index (χ3n) is 6.04. The Morgan fingerprint density at radius 3 is 2.27 bits per heavy atom. The van der Waals surface area contributed by atoms with Crippen molar-refractivity contribution in [2.75, 3.05) is 7.11 Å². The number of nitrogens with one attached hydrogen (secondary N) is 1. The van der Waals surface area contributed by atoms with E-state index in [0.29, 0.717) is 22.6 Å². The summed E-state index contributed by atoms with van der Waals surface area (Å²) in [5.41, 5.74) is 2.06. The molecule has 0 saturated carbocycles. The number of unbranched alkanes of at least 4 members (excludes halogenated alkanes) is 2. The molecule has 3 rings (SSSR count). The summed E-state index contributed by atoms with van der Waals surface area (Å²) in [4.78, 5) is 4.34. The Hall–Kier alpha value is -4.06. The number of rotatable bonds is 10. The molecule has 6 nitrogen and oxygen atoms in total. The van der Waals surface area contributed by atoms with Crippen LogP contribution in [0, 0.1) is 16.7 Å². The van der Waals surface area contributed by atoms with Gasteiger partial charge in [0.2, 0.25) is 0 Å². The van der Waals surface area contributed by atoms with Crippen molar-refractivity contribution in [3.63, 3.8) is 0 Å². The van der Waals surface area contributed by atoms with Crippen molar-refractivity contribution in [3.05, 3.63) is 66.5 Å². The van der Waals surface area contributed by atoms with Gasteiger partial charge in [-0.15, -0.1) is 0 Å². The maximum absolute atomic E-state index is 13.9. The summed E-state index contributed by atoms with van der Waals surface area (Å²) in [7, 11) is 1.29. The summed E-state index contributed by atoms with van der Waals surface area (Å²) in [6.07, 6.45) is 11.9. The Labute approximate surface area is 241 Å². The van der Waals surface area contributed by atoms with Gasteiger partial charge in [-0.3, -0.25) is 4.40 Å². The number of benzene rings is 1. The van der Waals surface area contributed by atoms with E-state index in [0.717, 1.165) is 12.0 Å². The predicted molar refractivity (Wildman–Crippen MR) is 161 cm³/mol. The highest BCUT2D eigenvalue weighted by Crippen LogP contribution is 2.40. The number of hydrogen-bond donors (Lipinski definition) is 1. The Bertz CT molecular complexity index is 1370. The third kappa shape index (κ3) is 10.1. The number of aromatic nitrogens is 2. The number of hydrogen-bond acceptors (Lipinski definition) is 5. The second-order valence-electron chi connectivity index (χ2n) is 9.59. The van der Waals surface area contributed by atoms with Crippen LogP contribution in [0.4, 0.5) is 13.2 Å². The SMILES string of the molecule is C/C=C\C(=N)CC.C=C(F)c1c(OC)cc(-c2cnc3cc(C(C)(C)C#N)ccn23)cc1OC(F)F.CCCCC. The minimum atomic E-state index is -3.15. The molecule has 0 aliphatic rings. The fourth-order valence-corrected chi connectivity index (χ4v) is 3.68. The highest BCUT2D eigenvalue weighted by molar-refractivity contribution is 5.91. The van der Waals surface area contributed by atoms with Gasteiger partial charge in [0.15, 0.2) is 0 Å². The topological polar surface area (TPSA) is 83.4 Å². The zero-order valence-corrected chi connectivity index (χ0v) is 25.0. The van der Waals surface area contributed by atoms with E-state index < -0.39 is 17.9 Å². The number of halogens is 3. The van der Waals surface area contributed by atoms with Crippen molar-refractivity contribution >= 4 is 17.2 Å². The zero-order chi connectivity index (χ0) is 31.2. The number of nitrogens with zero attached hydrogens (tertiary/aromatic N) is 3. The monoisotopic (exact) mass is 570 g/mol. The molecule has 3 aromatic rings. The molecule has 1 aromatic carbocycles. The largest absolute Gasteiger partial charge is 0.496 e. The van der Waals surface area contributed by atoms with Crippen molar-refractivity contribution in [3.8, 4) is 28.8 Å². The summed E-state index contributed by atoms with van der Waals surface area (Å²) >= 11 is 0. The van der Waals surface area contributed by atoms with Gasteiger partial charge in [0.05, 0.1) is 36.0 Å². The molecule has 1 N–H and O–H groups in total. The summed E-state index contributed by atoms with van der Waals surface area (Å²) in [6.45, 7) is 11.9. The molecule has 0 spiro atoms. The van der Waals surface area contributed by atoms with Gasteiger partial charge in [-0.25, -0.2) is 9.37 Å². The number of alkyl halides is 2. The lowest BCUT2D eigenvalue weighted by atomic mass is 9.87. The lowest BCUT2D eigenvalue weighted by Gasteiger charge is -2.17. The van der Waals surface area contributed by atoms with Crippen LogP contribution in [0.25, 0.3) is 22.7 Å². The van der Waals surface area contributed by atoms with E-state index in [1.54, 1.807) is 48.9 Å². The molecule has 41 heavy (non-hydrogen) atoms. The molecular weight excluding hydrogens is 529 g/mol. The van der Waals surface area contributed by atoms with Gasteiger partial charge in [-0.1, -0.05) is 52.7 Å². The number of nitriles is 1. The Balaban J connectivity index is 0.000000589. The van der Waals surface area contributed by atoms with Crippen molar-refractivity contribution in [1.29, 1.82) is 10.7 Å². The van der Waals surface area contributed by atoms with Gasteiger partial charge in [-0.05, 0) is 63.1 Å². The molecular formula is C32H41F3N4O2. The number of ether oxygens (including phenoxy) is 2. The molecule has 0 fully saturated rings. The zero-order valence-electron chi connectivity index (χ0n) is 25.0. The maximum Gasteiger partial charge on any atom is 0.387 e. The summed E-state index contributed by atoms with van der Waals surface area (Å²) < 4.78 is 51.0. The van der Waals surface area contributed by atoms with Crippen LogP contribution in [0.3, 0.4) is 0 Å². The van der Waals surface area contributed by atoms with Crippen LogP contribution in [-0.4, -0.2) is 28.8 Å². The molecule has 0 aliphatic carbocycles. The summed E-state index contributed by atoms with van der Waals surface area (Å²) in [6, 6.07) is 8.57. The van der Waals surface area contributed by atoms with Crippen molar-refractivity contribution in [1.82, 2.24) is 9.38 Å². The van der Waals surface area contributed by atoms with Crippen molar-refractivity contribution in [2.45, 2.75) is 79.3 Å². The molecule has 0 radical (unpaired) electrons. The second-order valence-corrected chi connectivity index (χ2v) is 9.59. The summed E-state index contributed by atoms with van der Waals surface area (Å²) in [5.74, 6) is -1.34. The van der Waals surface area contributed by atoms with Crippen LogP contribution >= 0.6 is 0 Å². The highest BCUT2D eigenvalue weighted by Gasteiger charge is 2.23. The molecule has 0 saturated heterocycles. The van der Waals surface area contributed by atoms with E-state index in [4.69, 9.17) is 10.1 Å². The van der Waals surface area contributed by atoms with Gasteiger partial charge in [0.1, 0.15) is 23.0 Å². The van der Waals surface area contributed by atoms with E-state index in [2.05, 4.69) is 36.2 Å². The molecule has 2 heterocycles. The average Bonchev–Trinajstić information content (AvgIpc) is 3.36. The van der Waals surface area contributed by atoms with Gasteiger partial charge in [0, 0.05) is 17.5 Å². The standard InChI is InChI=1S/C21H18F3N3O2.C6H11N.C5H12/c1-12(22)19-16(28-4)7-13(8-17(19)29-20(23)24)15-10-26-18-9-14(5-6-27(15)18)21(2,3)11-25;1-3-5-6(7)4-2;1-3-5-4-2/h5-10,20H,1H2,2-4H3;3,5,7H,4H2,1-2H3;3-5H2,1-2H3/b;5-3-,7-6?;. The van der Waals surface area contributed by atoms with Gasteiger partial charge < -0.3 is 14.9 Å². The van der Waals surface area contributed by atoms with Crippen LogP contribution in [0.5, 0.6) is 11.5 Å². The normalized spacial score (nSPS) is 10.9. The average molecular weight is 571 g/mol. The van der Waals surface area contributed by atoms with Crippen molar-refractivity contribution < 1.29 is 22.6 Å². The van der Waals surface area contributed by atoms with E-state index in [1.807, 2.05) is 19.9 Å². The smallest absolute Gasteiger partial charge is 0.387 e. The molecule has 0 atom stereocenters. The molecule has 222 valence electrons. The van der Waals surface area contributed by atoms with Crippen LogP contribution in [0.1, 0.15) is 78.4 Å². The van der Waals surface area contributed by atoms with Crippen molar-refractivity contribution in [2.24, 2.45) is 0 Å². The first-order valence-corrected chi connectivity index (χ1v) is 13.5.